The highest BCUT2D eigenvalue weighted by Crippen LogP contribution is 2.23. The normalized spacial score (nSPS) is 19.6. The molecule has 3 rings (SSSR count). The molecular formula is C19H24N4O3S. The van der Waals surface area contributed by atoms with E-state index in [-0.39, 0.29) is 23.9 Å². The van der Waals surface area contributed by atoms with Crippen molar-refractivity contribution in [3.63, 3.8) is 0 Å². The van der Waals surface area contributed by atoms with Crippen LogP contribution in [0.5, 0.6) is 5.75 Å². The van der Waals surface area contributed by atoms with Crippen LogP contribution in [0, 0.1) is 0 Å². The number of rotatable bonds is 6. The second-order valence-corrected chi connectivity index (χ2v) is 7.44. The Bertz CT molecular complexity index is 779. The summed E-state index contributed by atoms with van der Waals surface area (Å²) < 4.78 is 10.9. The third kappa shape index (κ3) is 5.58. The highest BCUT2D eigenvalue weighted by Gasteiger charge is 2.23. The van der Waals surface area contributed by atoms with Gasteiger partial charge in [0, 0.05) is 30.9 Å². The van der Waals surface area contributed by atoms with Gasteiger partial charge in [0.05, 0.1) is 25.1 Å². The summed E-state index contributed by atoms with van der Waals surface area (Å²) >= 11 is 1.39. The van der Waals surface area contributed by atoms with E-state index in [9.17, 15) is 4.79 Å². The van der Waals surface area contributed by atoms with Crippen molar-refractivity contribution in [2.75, 3.05) is 36.2 Å². The Hall–Kier alpha value is -2.32. The van der Waals surface area contributed by atoms with Gasteiger partial charge in [0.15, 0.2) is 0 Å². The zero-order chi connectivity index (χ0) is 19.2. The molecule has 8 heteroatoms. The van der Waals surface area contributed by atoms with Crippen molar-refractivity contribution < 1.29 is 14.3 Å². The Morgan fingerprint density at radius 1 is 1.30 bits per heavy atom. The molecule has 0 bridgehead atoms. The average molecular weight is 388 g/mol. The third-order valence-corrected chi connectivity index (χ3v) is 5.00. The second-order valence-electron chi connectivity index (χ2n) is 6.45. The van der Waals surface area contributed by atoms with Gasteiger partial charge in [-0.05, 0) is 26.0 Å². The lowest BCUT2D eigenvalue weighted by Crippen LogP contribution is -2.45. The number of morpholine rings is 1. The van der Waals surface area contributed by atoms with Gasteiger partial charge >= 0.3 is 0 Å². The molecule has 144 valence electrons. The topological polar surface area (TPSA) is 76.6 Å². The van der Waals surface area contributed by atoms with E-state index in [4.69, 9.17) is 9.47 Å². The molecule has 27 heavy (non-hydrogen) atoms. The summed E-state index contributed by atoms with van der Waals surface area (Å²) in [5, 5.41) is 3.64. The lowest BCUT2D eigenvalue weighted by molar-refractivity contribution is -0.113. The number of benzene rings is 1. The van der Waals surface area contributed by atoms with Crippen molar-refractivity contribution in [1.82, 2.24) is 9.97 Å². The molecule has 0 aliphatic carbocycles. The number of aromatic nitrogens is 2. The van der Waals surface area contributed by atoms with E-state index in [1.165, 1.54) is 11.8 Å². The molecule has 1 amide bonds. The zero-order valence-corrected chi connectivity index (χ0v) is 16.5. The zero-order valence-electron chi connectivity index (χ0n) is 15.7. The molecule has 1 aliphatic heterocycles. The SMILES string of the molecule is COc1cccc(NC(=O)CSc2cc(N3CC(C)OC(C)C3)ncn2)c1. The fraction of sp³-hybridized carbons (Fsp3) is 0.421. The number of hydrogen-bond acceptors (Lipinski definition) is 7. The quantitative estimate of drug-likeness (QED) is 0.602. The van der Waals surface area contributed by atoms with Gasteiger partial charge in [-0.2, -0.15) is 0 Å². The standard InChI is InChI=1S/C19H24N4O3S/c1-13-9-23(10-14(2)26-13)17-8-19(21-12-20-17)27-11-18(24)22-15-5-4-6-16(7-15)25-3/h4-8,12-14H,9-11H2,1-3H3,(H,22,24). The van der Waals surface area contributed by atoms with Crippen LogP contribution in [-0.4, -0.2) is 54.0 Å². The van der Waals surface area contributed by atoms with Crippen LogP contribution in [0.15, 0.2) is 41.7 Å². The first-order valence-electron chi connectivity index (χ1n) is 8.82. The number of nitrogens with zero attached hydrogens (tertiary/aromatic N) is 3. The summed E-state index contributed by atoms with van der Waals surface area (Å²) in [4.78, 5) is 23.1. The molecule has 1 N–H and O–H groups in total. The lowest BCUT2D eigenvalue weighted by atomic mass is 10.2. The Kier molecular flexibility index (Phi) is 6.52. The van der Waals surface area contributed by atoms with E-state index in [1.807, 2.05) is 24.3 Å². The summed E-state index contributed by atoms with van der Waals surface area (Å²) in [6, 6.07) is 9.21. The minimum absolute atomic E-state index is 0.0953. The molecule has 0 radical (unpaired) electrons. The average Bonchev–Trinajstić information content (AvgIpc) is 2.66. The van der Waals surface area contributed by atoms with Crippen LogP contribution >= 0.6 is 11.8 Å². The summed E-state index contributed by atoms with van der Waals surface area (Å²) in [6.45, 7) is 5.70. The van der Waals surface area contributed by atoms with E-state index in [0.717, 1.165) is 23.9 Å². The number of methoxy groups -OCH3 is 1. The van der Waals surface area contributed by atoms with Crippen LogP contribution in [0.25, 0.3) is 0 Å². The maximum atomic E-state index is 12.2. The Morgan fingerprint density at radius 3 is 2.81 bits per heavy atom. The minimum atomic E-state index is -0.0953. The number of ether oxygens (including phenoxy) is 2. The minimum Gasteiger partial charge on any atom is -0.497 e. The number of thioether (sulfide) groups is 1. The van der Waals surface area contributed by atoms with Crippen LogP contribution in [0.3, 0.4) is 0 Å². The number of hydrogen-bond donors (Lipinski definition) is 1. The molecule has 1 saturated heterocycles. The molecule has 0 spiro atoms. The monoisotopic (exact) mass is 388 g/mol. The Morgan fingerprint density at radius 2 is 2.07 bits per heavy atom. The van der Waals surface area contributed by atoms with Crippen molar-refractivity contribution in [3.05, 3.63) is 36.7 Å². The van der Waals surface area contributed by atoms with Gasteiger partial charge in [0.2, 0.25) is 5.91 Å². The van der Waals surface area contributed by atoms with Crippen LogP contribution in [0.2, 0.25) is 0 Å². The number of carbonyl (C=O) groups is 1. The summed E-state index contributed by atoms with van der Waals surface area (Å²) in [5.41, 5.74) is 0.708. The molecule has 7 nitrogen and oxygen atoms in total. The second kappa shape index (κ2) is 9.05. The number of nitrogens with one attached hydrogen (secondary N) is 1. The van der Waals surface area contributed by atoms with E-state index >= 15 is 0 Å². The summed E-state index contributed by atoms with van der Waals surface area (Å²) in [7, 11) is 1.60. The van der Waals surface area contributed by atoms with E-state index in [2.05, 4.69) is 34.0 Å². The maximum absolute atomic E-state index is 12.2. The molecule has 0 saturated carbocycles. The number of carbonyl (C=O) groups excluding carboxylic acids is 1. The van der Waals surface area contributed by atoms with Gasteiger partial charge in [-0.3, -0.25) is 4.79 Å². The smallest absolute Gasteiger partial charge is 0.234 e. The lowest BCUT2D eigenvalue weighted by Gasteiger charge is -2.36. The van der Waals surface area contributed by atoms with Crippen molar-refractivity contribution in [1.29, 1.82) is 0 Å². The van der Waals surface area contributed by atoms with Gasteiger partial charge in [-0.25, -0.2) is 9.97 Å². The molecule has 2 heterocycles. The van der Waals surface area contributed by atoms with E-state index in [0.29, 0.717) is 11.4 Å². The van der Waals surface area contributed by atoms with Gasteiger partial charge in [0.1, 0.15) is 22.9 Å². The van der Waals surface area contributed by atoms with Crippen LogP contribution < -0.4 is 15.0 Å². The predicted octanol–water partition coefficient (Wildman–Crippen LogP) is 2.83. The van der Waals surface area contributed by atoms with Crippen LogP contribution in [-0.2, 0) is 9.53 Å². The summed E-state index contributed by atoms with van der Waals surface area (Å²) in [6.07, 6.45) is 1.87. The first-order chi connectivity index (χ1) is 13.0. The molecule has 2 aromatic rings. The predicted molar refractivity (Wildman–Crippen MR) is 107 cm³/mol. The van der Waals surface area contributed by atoms with Crippen molar-refractivity contribution in [2.24, 2.45) is 0 Å². The van der Waals surface area contributed by atoms with Crippen LogP contribution in [0.4, 0.5) is 11.5 Å². The highest BCUT2D eigenvalue weighted by molar-refractivity contribution is 7.99. The first-order valence-corrected chi connectivity index (χ1v) is 9.81. The van der Waals surface area contributed by atoms with Crippen molar-refractivity contribution in [2.45, 2.75) is 31.1 Å². The first kappa shape index (κ1) is 19.4. The Labute approximate surface area is 163 Å². The maximum Gasteiger partial charge on any atom is 0.234 e. The van der Waals surface area contributed by atoms with Gasteiger partial charge in [0.25, 0.3) is 0 Å². The fourth-order valence-electron chi connectivity index (χ4n) is 2.98. The van der Waals surface area contributed by atoms with Crippen molar-refractivity contribution >= 4 is 29.2 Å². The number of amides is 1. The van der Waals surface area contributed by atoms with Crippen LogP contribution in [0.1, 0.15) is 13.8 Å². The fourth-order valence-corrected chi connectivity index (χ4v) is 3.65. The summed E-state index contributed by atoms with van der Waals surface area (Å²) in [5.74, 6) is 1.74. The highest BCUT2D eigenvalue weighted by atomic mass is 32.2. The molecule has 1 fully saturated rings. The molecule has 1 aliphatic rings. The Balaban J connectivity index is 1.57. The molecule has 1 aromatic heterocycles. The van der Waals surface area contributed by atoms with Gasteiger partial charge < -0.3 is 19.7 Å². The van der Waals surface area contributed by atoms with Gasteiger partial charge in [-0.15, -0.1) is 0 Å². The number of anilines is 2. The van der Waals surface area contributed by atoms with E-state index in [1.54, 1.807) is 19.5 Å². The largest absolute Gasteiger partial charge is 0.497 e. The third-order valence-electron chi connectivity index (χ3n) is 4.08. The molecular weight excluding hydrogens is 364 g/mol. The molecule has 2 unspecified atom stereocenters. The van der Waals surface area contributed by atoms with Gasteiger partial charge in [-0.1, -0.05) is 17.8 Å². The molecule has 2 atom stereocenters. The molecule has 1 aromatic carbocycles. The van der Waals surface area contributed by atoms with E-state index < -0.39 is 0 Å². The van der Waals surface area contributed by atoms with Crippen molar-refractivity contribution in [3.8, 4) is 5.75 Å².